The van der Waals surface area contributed by atoms with Crippen LogP contribution in [0, 0.1) is 0 Å². The summed E-state index contributed by atoms with van der Waals surface area (Å²) in [7, 11) is 3.95. The number of rotatable bonds is 5. The van der Waals surface area contributed by atoms with Gasteiger partial charge >= 0.3 is 0 Å². The van der Waals surface area contributed by atoms with E-state index in [1.54, 1.807) is 17.6 Å². The van der Waals surface area contributed by atoms with Crippen LogP contribution in [-0.2, 0) is 13.1 Å². The Morgan fingerprint density at radius 3 is 3.12 bits per heavy atom. The smallest absolute Gasteiger partial charge is 0.185 e. The molecule has 0 aromatic carbocycles. The van der Waals surface area contributed by atoms with Crippen LogP contribution in [0.3, 0.4) is 0 Å². The van der Waals surface area contributed by atoms with Crippen molar-refractivity contribution in [2.75, 3.05) is 19.0 Å². The van der Waals surface area contributed by atoms with Crippen LogP contribution in [0.15, 0.2) is 29.0 Å². The van der Waals surface area contributed by atoms with Gasteiger partial charge in [-0.05, 0) is 19.2 Å². The second-order valence-corrected chi connectivity index (χ2v) is 4.67. The zero-order valence-electron chi connectivity index (χ0n) is 9.43. The number of nitrogens with zero attached hydrogens (tertiary/aromatic N) is 2. The highest BCUT2D eigenvalue weighted by molar-refractivity contribution is 7.15. The molecule has 0 amide bonds. The van der Waals surface area contributed by atoms with E-state index >= 15 is 0 Å². The van der Waals surface area contributed by atoms with E-state index in [1.165, 1.54) is 4.88 Å². The molecular formula is C11H15N3OS. The number of thiazole rings is 1. The van der Waals surface area contributed by atoms with E-state index in [0.717, 1.165) is 24.0 Å². The highest BCUT2D eigenvalue weighted by Crippen LogP contribution is 2.22. The summed E-state index contributed by atoms with van der Waals surface area (Å²) >= 11 is 1.70. The third kappa shape index (κ3) is 2.62. The van der Waals surface area contributed by atoms with Gasteiger partial charge in [0.15, 0.2) is 5.13 Å². The molecule has 16 heavy (non-hydrogen) atoms. The zero-order chi connectivity index (χ0) is 11.4. The standard InChI is InChI=1S/C11H15N3OS/c1-12-6-10-7-13-11(16-10)14(2)8-9-4-3-5-15-9/h3-5,7,12H,6,8H2,1-2H3. The van der Waals surface area contributed by atoms with Gasteiger partial charge in [0.25, 0.3) is 0 Å². The van der Waals surface area contributed by atoms with E-state index in [1.807, 2.05) is 32.4 Å². The molecule has 0 bridgehead atoms. The highest BCUT2D eigenvalue weighted by Gasteiger charge is 2.08. The van der Waals surface area contributed by atoms with Gasteiger partial charge in [0.2, 0.25) is 0 Å². The Morgan fingerprint density at radius 2 is 2.44 bits per heavy atom. The van der Waals surface area contributed by atoms with Crippen LogP contribution >= 0.6 is 11.3 Å². The summed E-state index contributed by atoms with van der Waals surface area (Å²) in [4.78, 5) is 7.70. The van der Waals surface area contributed by atoms with Crippen molar-refractivity contribution in [3.05, 3.63) is 35.2 Å². The molecule has 0 saturated carbocycles. The first-order valence-electron chi connectivity index (χ1n) is 5.12. The second kappa shape index (κ2) is 5.14. The lowest BCUT2D eigenvalue weighted by Gasteiger charge is -2.13. The molecule has 0 fully saturated rings. The maximum Gasteiger partial charge on any atom is 0.185 e. The van der Waals surface area contributed by atoms with E-state index in [-0.39, 0.29) is 0 Å². The van der Waals surface area contributed by atoms with Crippen molar-refractivity contribution >= 4 is 16.5 Å². The number of anilines is 1. The fraction of sp³-hybridized carbons (Fsp3) is 0.364. The third-order valence-electron chi connectivity index (χ3n) is 2.19. The third-order valence-corrected chi connectivity index (χ3v) is 3.30. The molecule has 4 nitrogen and oxygen atoms in total. The van der Waals surface area contributed by atoms with Gasteiger partial charge in [-0.25, -0.2) is 4.98 Å². The molecule has 5 heteroatoms. The van der Waals surface area contributed by atoms with Crippen LogP contribution in [0.2, 0.25) is 0 Å². The minimum absolute atomic E-state index is 0.750. The zero-order valence-corrected chi connectivity index (χ0v) is 10.3. The Kier molecular flexibility index (Phi) is 3.58. The molecule has 2 rings (SSSR count). The van der Waals surface area contributed by atoms with Crippen LogP contribution in [-0.4, -0.2) is 19.1 Å². The van der Waals surface area contributed by atoms with E-state index < -0.39 is 0 Å². The quantitative estimate of drug-likeness (QED) is 0.864. The van der Waals surface area contributed by atoms with Crippen molar-refractivity contribution in [2.24, 2.45) is 0 Å². The molecule has 1 N–H and O–H groups in total. The number of furan rings is 1. The van der Waals surface area contributed by atoms with Crippen LogP contribution in [0.4, 0.5) is 5.13 Å². The summed E-state index contributed by atoms with van der Waals surface area (Å²) in [5.74, 6) is 0.952. The fourth-order valence-electron chi connectivity index (χ4n) is 1.43. The van der Waals surface area contributed by atoms with Gasteiger partial charge in [0.05, 0.1) is 12.8 Å². The maximum atomic E-state index is 5.30. The predicted molar refractivity (Wildman–Crippen MR) is 65.7 cm³/mol. The molecule has 0 spiro atoms. The minimum Gasteiger partial charge on any atom is -0.467 e. The first-order chi connectivity index (χ1) is 7.79. The molecular weight excluding hydrogens is 222 g/mol. The highest BCUT2D eigenvalue weighted by atomic mass is 32.1. The molecule has 0 saturated heterocycles. The molecule has 2 aromatic heterocycles. The van der Waals surface area contributed by atoms with E-state index in [0.29, 0.717) is 0 Å². The lowest BCUT2D eigenvalue weighted by molar-refractivity contribution is 0.507. The van der Waals surface area contributed by atoms with Crippen molar-refractivity contribution in [3.8, 4) is 0 Å². The molecule has 2 heterocycles. The summed E-state index contributed by atoms with van der Waals surface area (Å²) in [6, 6.07) is 3.87. The number of nitrogens with one attached hydrogen (secondary N) is 1. The van der Waals surface area contributed by atoms with Crippen molar-refractivity contribution in [1.29, 1.82) is 0 Å². The van der Waals surface area contributed by atoms with E-state index in [9.17, 15) is 0 Å². The minimum atomic E-state index is 0.750. The average Bonchev–Trinajstić information content (AvgIpc) is 2.89. The molecule has 0 aliphatic heterocycles. The summed E-state index contributed by atoms with van der Waals surface area (Å²) in [5.41, 5.74) is 0. The van der Waals surface area contributed by atoms with E-state index in [4.69, 9.17) is 4.42 Å². The first-order valence-corrected chi connectivity index (χ1v) is 5.94. The van der Waals surface area contributed by atoms with E-state index in [2.05, 4.69) is 15.2 Å². The fourth-order valence-corrected chi connectivity index (χ4v) is 2.32. The van der Waals surface area contributed by atoms with Gasteiger partial charge in [0.1, 0.15) is 5.76 Å². The lowest BCUT2D eigenvalue weighted by Crippen LogP contribution is -2.15. The van der Waals surface area contributed by atoms with Crippen LogP contribution in [0.25, 0.3) is 0 Å². The van der Waals surface area contributed by atoms with Gasteiger partial charge in [0, 0.05) is 24.7 Å². The lowest BCUT2D eigenvalue weighted by atomic mass is 10.4. The molecule has 0 unspecified atom stereocenters. The van der Waals surface area contributed by atoms with Gasteiger partial charge < -0.3 is 14.6 Å². The Labute approximate surface area is 98.9 Å². The average molecular weight is 237 g/mol. The number of hydrogen-bond acceptors (Lipinski definition) is 5. The van der Waals surface area contributed by atoms with Gasteiger partial charge in [-0.1, -0.05) is 0 Å². The molecule has 2 aromatic rings. The van der Waals surface area contributed by atoms with Crippen molar-refractivity contribution in [3.63, 3.8) is 0 Å². The predicted octanol–water partition coefficient (Wildman–Crippen LogP) is 2.09. The second-order valence-electron chi connectivity index (χ2n) is 3.57. The monoisotopic (exact) mass is 237 g/mol. The molecule has 0 aliphatic rings. The summed E-state index contributed by atoms with van der Waals surface area (Å²) in [6.07, 6.45) is 3.60. The number of aromatic nitrogens is 1. The summed E-state index contributed by atoms with van der Waals surface area (Å²) < 4.78 is 5.30. The Morgan fingerprint density at radius 1 is 1.56 bits per heavy atom. The van der Waals surface area contributed by atoms with Crippen LogP contribution in [0.5, 0.6) is 0 Å². The summed E-state index contributed by atoms with van der Waals surface area (Å²) in [5, 5.41) is 4.13. The van der Waals surface area contributed by atoms with Crippen LogP contribution < -0.4 is 10.2 Å². The molecule has 0 atom stereocenters. The van der Waals surface area contributed by atoms with Crippen molar-refractivity contribution in [1.82, 2.24) is 10.3 Å². The van der Waals surface area contributed by atoms with Crippen LogP contribution in [0.1, 0.15) is 10.6 Å². The SMILES string of the molecule is CNCc1cnc(N(C)Cc2ccco2)s1. The Balaban J connectivity index is 2.00. The van der Waals surface area contributed by atoms with Crippen molar-refractivity contribution in [2.45, 2.75) is 13.1 Å². The Hall–Kier alpha value is -1.33. The van der Waals surface area contributed by atoms with Crippen molar-refractivity contribution < 1.29 is 4.42 Å². The topological polar surface area (TPSA) is 41.3 Å². The molecule has 86 valence electrons. The maximum absolute atomic E-state index is 5.30. The number of hydrogen-bond donors (Lipinski definition) is 1. The van der Waals surface area contributed by atoms with Gasteiger partial charge in [-0.3, -0.25) is 0 Å². The Bertz CT molecular complexity index is 424. The van der Waals surface area contributed by atoms with Gasteiger partial charge in [-0.2, -0.15) is 0 Å². The summed E-state index contributed by atoms with van der Waals surface area (Å²) in [6.45, 7) is 1.62. The first kappa shape index (κ1) is 11.2. The van der Waals surface area contributed by atoms with Gasteiger partial charge in [-0.15, -0.1) is 11.3 Å². The molecule has 0 aliphatic carbocycles. The molecule has 0 radical (unpaired) electrons. The normalized spacial score (nSPS) is 10.6. The largest absolute Gasteiger partial charge is 0.467 e.